The Labute approximate surface area is 186 Å². The fourth-order valence-corrected chi connectivity index (χ4v) is 3.17. The highest BCUT2D eigenvalue weighted by atomic mass is 16.4. The van der Waals surface area contributed by atoms with Gasteiger partial charge in [0.1, 0.15) is 6.04 Å². The lowest BCUT2D eigenvalue weighted by atomic mass is 10.0. The lowest BCUT2D eigenvalue weighted by molar-refractivity contribution is -0.139. The number of imide groups is 1. The normalized spacial score (nSPS) is 11.5. The molecule has 2 amide bonds. The highest BCUT2D eigenvalue weighted by molar-refractivity contribution is 6.04. The van der Waals surface area contributed by atoms with Crippen molar-refractivity contribution in [1.82, 2.24) is 10.6 Å². The summed E-state index contributed by atoms with van der Waals surface area (Å²) in [6.45, 7) is 0.325. The van der Waals surface area contributed by atoms with E-state index in [9.17, 15) is 19.5 Å². The van der Waals surface area contributed by atoms with E-state index in [4.69, 9.17) is 5.73 Å². The molecule has 0 radical (unpaired) electrons. The number of aliphatic carboxylic acids is 1. The third-order valence-electron chi connectivity index (χ3n) is 5.00. The first-order valence-electron chi connectivity index (χ1n) is 10.2. The smallest absolute Gasteiger partial charge is 0.320 e. The van der Waals surface area contributed by atoms with Crippen molar-refractivity contribution in [2.75, 3.05) is 5.73 Å². The molecule has 0 heterocycles. The van der Waals surface area contributed by atoms with Crippen molar-refractivity contribution in [2.24, 2.45) is 0 Å². The number of anilines is 1. The summed E-state index contributed by atoms with van der Waals surface area (Å²) >= 11 is 0. The van der Waals surface area contributed by atoms with Gasteiger partial charge in [-0.2, -0.15) is 0 Å². The largest absolute Gasteiger partial charge is 0.480 e. The fraction of sp³-hybridized carbons (Fsp3) is 0.160. The first-order valence-corrected chi connectivity index (χ1v) is 10.2. The molecule has 0 aliphatic carbocycles. The van der Waals surface area contributed by atoms with Crippen molar-refractivity contribution >= 4 is 23.5 Å². The Morgan fingerprint density at radius 1 is 0.844 bits per heavy atom. The topological polar surface area (TPSA) is 122 Å². The number of nitrogens with two attached hydrogens (primary N) is 1. The number of carbonyl (C=O) groups is 3. The lowest BCUT2D eigenvalue weighted by Crippen LogP contribution is -2.38. The molecule has 0 saturated carbocycles. The molecule has 0 aromatic heterocycles. The second kappa shape index (κ2) is 10.9. The molecule has 3 aromatic rings. The highest BCUT2D eigenvalue weighted by Crippen LogP contribution is 2.19. The van der Waals surface area contributed by atoms with Gasteiger partial charge in [-0.25, -0.2) is 0 Å². The molecule has 0 aliphatic heterocycles. The fourth-order valence-electron chi connectivity index (χ4n) is 3.17. The van der Waals surface area contributed by atoms with Gasteiger partial charge in [-0.15, -0.1) is 0 Å². The van der Waals surface area contributed by atoms with Gasteiger partial charge in [-0.3, -0.25) is 19.7 Å². The zero-order valence-corrected chi connectivity index (χ0v) is 17.5. The van der Waals surface area contributed by atoms with E-state index >= 15 is 0 Å². The summed E-state index contributed by atoms with van der Waals surface area (Å²) in [5.74, 6) is -2.10. The van der Waals surface area contributed by atoms with Gasteiger partial charge in [0.15, 0.2) is 0 Å². The molecule has 0 unspecified atom stereocenters. The zero-order chi connectivity index (χ0) is 22.9. The summed E-state index contributed by atoms with van der Waals surface area (Å²) in [7, 11) is 0. The van der Waals surface area contributed by atoms with Crippen LogP contribution in [0.1, 0.15) is 28.8 Å². The summed E-state index contributed by atoms with van der Waals surface area (Å²) in [4.78, 5) is 36.0. The van der Waals surface area contributed by atoms with Crippen LogP contribution in [0.5, 0.6) is 0 Å². The summed E-state index contributed by atoms with van der Waals surface area (Å²) in [5, 5.41) is 14.6. The third kappa shape index (κ3) is 6.52. The van der Waals surface area contributed by atoms with Crippen LogP contribution in [0.3, 0.4) is 0 Å². The van der Waals surface area contributed by atoms with Crippen LogP contribution >= 0.6 is 0 Å². The second-order valence-electron chi connectivity index (χ2n) is 7.37. The number of nitrogens with one attached hydrogen (secondary N) is 2. The van der Waals surface area contributed by atoms with Crippen LogP contribution in [0, 0.1) is 0 Å². The number of hydrogen-bond donors (Lipinski definition) is 4. The molecule has 1 atom stereocenters. The van der Waals surface area contributed by atoms with Crippen molar-refractivity contribution in [2.45, 2.75) is 25.4 Å². The van der Waals surface area contributed by atoms with Crippen LogP contribution in [0.25, 0.3) is 11.1 Å². The minimum absolute atomic E-state index is 0.0519. The van der Waals surface area contributed by atoms with Crippen molar-refractivity contribution in [3.63, 3.8) is 0 Å². The van der Waals surface area contributed by atoms with Gasteiger partial charge in [0.25, 0.3) is 5.91 Å². The molecule has 0 saturated heterocycles. The molecule has 0 bridgehead atoms. The first-order chi connectivity index (χ1) is 15.4. The van der Waals surface area contributed by atoms with E-state index in [0.29, 0.717) is 17.8 Å². The number of carboxylic acid groups (broad SMARTS) is 1. The van der Waals surface area contributed by atoms with Crippen molar-refractivity contribution < 1.29 is 19.5 Å². The van der Waals surface area contributed by atoms with E-state index in [1.807, 2.05) is 42.5 Å². The SMILES string of the molecule is Nc1ccc(CN[C@@H](CCC(=O)NC(=O)c2ccc(-c3ccccc3)cc2)C(=O)O)cc1. The van der Waals surface area contributed by atoms with E-state index in [2.05, 4.69) is 10.6 Å². The van der Waals surface area contributed by atoms with Crippen LogP contribution in [0.2, 0.25) is 0 Å². The molecule has 3 rings (SSSR count). The van der Waals surface area contributed by atoms with Crippen LogP contribution in [-0.2, 0) is 16.1 Å². The van der Waals surface area contributed by atoms with E-state index in [-0.39, 0.29) is 12.8 Å². The standard InChI is InChI=1S/C25H25N3O4/c26-21-12-6-17(7-13-21)16-27-22(25(31)32)14-15-23(29)28-24(30)20-10-8-19(9-11-20)18-4-2-1-3-5-18/h1-13,22,27H,14-16,26H2,(H,31,32)(H,28,29,30)/t22-/m0/s1. The average Bonchev–Trinajstić information content (AvgIpc) is 2.80. The molecular weight excluding hydrogens is 406 g/mol. The molecule has 7 nitrogen and oxygen atoms in total. The monoisotopic (exact) mass is 431 g/mol. The van der Waals surface area contributed by atoms with Gasteiger partial charge in [0, 0.05) is 24.2 Å². The molecule has 0 aliphatic rings. The molecule has 164 valence electrons. The molecule has 0 fully saturated rings. The van der Waals surface area contributed by atoms with Gasteiger partial charge in [-0.05, 0) is 47.4 Å². The minimum atomic E-state index is -1.06. The number of amides is 2. The Hall–Kier alpha value is -3.97. The van der Waals surface area contributed by atoms with Crippen LogP contribution in [-0.4, -0.2) is 28.9 Å². The van der Waals surface area contributed by atoms with E-state index < -0.39 is 23.8 Å². The summed E-state index contributed by atoms with van der Waals surface area (Å²) < 4.78 is 0. The maximum atomic E-state index is 12.3. The minimum Gasteiger partial charge on any atom is -0.480 e. The predicted octanol–water partition coefficient (Wildman–Crippen LogP) is 3.22. The van der Waals surface area contributed by atoms with Crippen LogP contribution < -0.4 is 16.4 Å². The van der Waals surface area contributed by atoms with Crippen LogP contribution in [0.4, 0.5) is 5.69 Å². The number of hydrogen-bond acceptors (Lipinski definition) is 5. The Balaban J connectivity index is 1.49. The van der Waals surface area contributed by atoms with E-state index in [1.165, 1.54) is 0 Å². The molecular formula is C25H25N3O4. The molecule has 3 aromatic carbocycles. The molecule has 32 heavy (non-hydrogen) atoms. The molecule has 5 N–H and O–H groups in total. The van der Waals surface area contributed by atoms with Gasteiger partial charge in [0.2, 0.25) is 5.91 Å². The van der Waals surface area contributed by atoms with Crippen molar-refractivity contribution in [1.29, 1.82) is 0 Å². The average molecular weight is 431 g/mol. The third-order valence-corrected chi connectivity index (χ3v) is 5.00. The maximum Gasteiger partial charge on any atom is 0.320 e. The van der Waals surface area contributed by atoms with E-state index in [0.717, 1.165) is 16.7 Å². The summed E-state index contributed by atoms with van der Waals surface area (Å²) in [6.07, 6.45) is -0.0457. The molecule has 0 spiro atoms. The Morgan fingerprint density at radius 3 is 2.09 bits per heavy atom. The Morgan fingerprint density at radius 2 is 1.47 bits per heavy atom. The van der Waals surface area contributed by atoms with Gasteiger partial charge in [0.05, 0.1) is 0 Å². The first kappa shape index (κ1) is 22.7. The number of rotatable bonds is 9. The number of nitrogen functional groups attached to an aromatic ring is 1. The zero-order valence-electron chi connectivity index (χ0n) is 17.5. The summed E-state index contributed by atoms with van der Waals surface area (Å²) in [5.41, 5.74) is 9.49. The highest BCUT2D eigenvalue weighted by Gasteiger charge is 2.19. The number of benzene rings is 3. The predicted molar refractivity (Wildman–Crippen MR) is 123 cm³/mol. The quantitative estimate of drug-likeness (QED) is 0.386. The van der Waals surface area contributed by atoms with Crippen LogP contribution in [0.15, 0.2) is 78.9 Å². The number of carboxylic acids is 1. The van der Waals surface area contributed by atoms with Gasteiger partial charge >= 0.3 is 5.97 Å². The Bertz CT molecular complexity index is 1060. The van der Waals surface area contributed by atoms with E-state index in [1.54, 1.807) is 36.4 Å². The lowest BCUT2D eigenvalue weighted by Gasteiger charge is -2.14. The summed E-state index contributed by atoms with van der Waals surface area (Å²) in [6, 6.07) is 22.8. The van der Waals surface area contributed by atoms with Crippen molar-refractivity contribution in [3.05, 3.63) is 90.0 Å². The number of carbonyl (C=O) groups excluding carboxylic acids is 2. The van der Waals surface area contributed by atoms with Gasteiger partial charge < -0.3 is 16.2 Å². The molecule has 7 heteroatoms. The maximum absolute atomic E-state index is 12.3. The van der Waals surface area contributed by atoms with Gasteiger partial charge in [-0.1, -0.05) is 54.6 Å². The Kier molecular flexibility index (Phi) is 7.72. The second-order valence-corrected chi connectivity index (χ2v) is 7.37. The van der Waals surface area contributed by atoms with Crippen molar-refractivity contribution in [3.8, 4) is 11.1 Å².